The van der Waals surface area contributed by atoms with E-state index in [1.165, 1.54) is 12.1 Å². The Labute approximate surface area is 432 Å². The minimum atomic E-state index is -4.22. The lowest BCUT2D eigenvalue weighted by molar-refractivity contribution is 0.221. The Kier molecular flexibility index (Phi) is 15.6. The molecule has 10 rings (SSSR count). The maximum absolute atomic E-state index is 13.0. The number of fused-ring (bicyclic) bond motifs is 2. The van der Waals surface area contributed by atoms with Crippen molar-refractivity contribution in [3.63, 3.8) is 0 Å². The number of anilines is 2. The number of amides is 2. The number of benzene rings is 2. The minimum absolute atomic E-state index is 0.0978. The van der Waals surface area contributed by atoms with Crippen LogP contribution in [0.5, 0.6) is 23.3 Å². The van der Waals surface area contributed by atoms with Crippen LogP contribution in [0.1, 0.15) is 64.5 Å². The number of primary sulfonamides is 1. The van der Waals surface area contributed by atoms with Gasteiger partial charge in [-0.2, -0.15) is 18.6 Å². The Hall–Kier alpha value is -6.79. The number of sulfonamides is 2. The number of carbonyl (C=O) groups excluding carboxylic acids is 1. The molecule has 0 spiro atoms. The number of pyridine rings is 2. The number of ether oxygens (including phenoxy) is 4. The lowest BCUT2D eigenvalue weighted by Gasteiger charge is -2.28. The highest BCUT2D eigenvalue weighted by Gasteiger charge is 2.30. The third kappa shape index (κ3) is 13.3. The summed E-state index contributed by atoms with van der Waals surface area (Å²) in [4.78, 5) is 25.6. The molecule has 2 saturated carbocycles. The SMILES string of the molecule is CN(C)CC(C)(C)n1ccc(S(=O)(=O)NC(=O)Nc2c(-c3ccnc(OC4CC4)c3)ccc3c2CCO3)n1.CN(C)CC(C)(C)n1ccc(S(N)(=O)=O)n1.Nc1c(-c2ccnc(OC3CC3)c2)ccc2c1CCO2. The van der Waals surface area contributed by atoms with Crippen LogP contribution in [0.4, 0.5) is 16.2 Å². The number of nitrogens with two attached hydrogens (primary N) is 2. The Balaban J connectivity index is 0.000000168. The van der Waals surface area contributed by atoms with E-state index in [2.05, 4.69) is 30.2 Å². The Morgan fingerprint density at radius 1 is 0.703 bits per heavy atom. The van der Waals surface area contributed by atoms with Gasteiger partial charge in [0.15, 0.2) is 10.1 Å². The van der Waals surface area contributed by atoms with Crippen molar-refractivity contribution in [3.05, 3.63) is 96.6 Å². The van der Waals surface area contributed by atoms with Gasteiger partial charge in [-0.1, -0.05) is 0 Å². The number of nitrogens with one attached hydrogen (secondary N) is 2. The van der Waals surface area contributed by atoms with Crippen molar-refractivity contribution < 1.29 is 40.6 Å². The fraction of sp³-hybridized carbons (Fsp3) is 0.431. The molecule has 0 radical (unpaired) electrons. The predicted molar refractivity (Wildman–Crippen MR) is 280 cm³/mol. The summed E-state index contributed by atoms with van der Waals surface area (Å²) in [5, 5.41) is 15.7. The maximum Gasteiger partial charge on any atom is 0.333 e. The molecule has 6 N–H and O–H groups in total. The smallest absolute Gasteiger partial charge is 0.333 e. The van der Waals surface area contributed by atoms with E-state index in [9.17, 15) is 21.6 Å². The third-order valence-electron chi connectivity index (χ3n) is 12.3. The van der Waals surface area contributed by atoms with E-state index < -0.39 is 31.6 Å². The summed E-state index contributed by atoms with van der Waals surface area (Å²) in [6, 6.07) is 17.2. The number of aromatic nitrogens is 6. The molecule has 21 nitrogen and oxygen atoms in total. The normalized spacial score (nSPS) is 15.2. The summed E-state index contributed by atoms with van der Waals surface area (Å²) in [6.07, 6.45) is 12.9. The van der Waals surface area contributed by atoms with Gasteiger partial charge in [0, 0.05) is 90.8 Å². The number of nitrogens with zero attached hydrogens (tertiary/aromatic N) is 8. The molecule has 74 heavy (non-hydrogen) atoms. The zero-order chi connectivity index (χ0) is 53.2. The molecule has 6 aromatic rings. The largest absolute Gasteiger partial charge is 0.493 e. The van der Waals surface area contributed by atoms with Crippen molar-refractivity contribution in [1.82, 2.24) is 44.1 Å². The van der Waals surface area contributed by atoms with Crippen LogP contribution in [0.25, 0.3) is 22.3 Å². The molecule has 6 heterocycles. The Bertz CT molecular complexity index is 3220. The molecule has 0 atom stereocenters. The van der Waals surface area contributed by atoms with Crippen LogP contribution in [0.2, 0.25) is 0 Å². The Morgan fingerprint density at radius 2 is 1.18 bits per heavy atom. The molecular weight excluding hydrogens is 989 g/mol. The van der Waals surface area contributed by atoms with Crippen LogP contribution in [0.3, 0.4) is 0 Å². The molecule has 2 aromatic carbocycles. The van der Waals surface area contributed by atoms with Gasteiger partial charge in [0.25, 0.3) is 20.0 Å². The first-order valence-electron chi connectivity index (χ1n) is 24.3. The highest BCUT2D eigenvalue weighted by molar-refractivity contribution is 7.90. The highest BCUT2D eigenvalue weighted by Crippen LogP contribution is 2.41. The molecule has 2 amide bonds. The van der Waals surface area contributed by atoms with Gasteiger partial charge in [-0.25, -0.2) is 33.0 Å². The van der Waals surface area contributed by atoms with Gasteiger partial charge in [-0.15, -0.1) is 0 Å². The molecule has 23 heteroatoms. The third-order valence-corrected chi connectivity index (χ3v) is 14.4. The van der Waals surface area contributed by atoms with E-state index in [1.54, 1.807) is 34.2 Å². The second kappa shape index (κ2) is 21.6. The van der Waals surface area contributed by atoms with Gasteiger partial charge in [0.1, 0.15) is 23.7 Å². The summed E-state index contributed by atoms with van der Waals surface area (Å²) in [5.41, 5.74) is 12.3. The van der Waals surface area contributed by atoms with E-state index in [1.807, 2.05) is 114 Å². The van der Waals surface area contributed by atoms with Crippen LogP contribution < -0.4 is 39.9 Å². The van der Waals surface area contributed by atoms with Crippen LogP contribution in [0.15, 0.2) is 95.5 Å². The van der Waals surface area contributed by atoms with E-state index in [0.29, 0.717) is 54.4 Å². The summed E-state index contributed by atoms with van der Waals surface area (Å²) in [5.74, 6) is 2.75. The van der Waals surface area contributed by atoms with Gasteiger partial charge in [0.05, 0.1) is 30.0 Å². The number of carbonyl (C=O) groups is 1. The molecular formula is C51H66N12O9S2. The topological polar surface area (TPSA) is 266 Å². The number of nitrogen functional groups attached to an aromatic ring is 1. The molecule has 0 saturated heterocycles. The molecule has 4 aromatic heterocycles. The number of likely N-dealkylation sites (N-methyl/N-ethyl adjacent to an activating group) is 2. The zero-order valence-electron chi connectivity index (χ0n) is 43.0. The minimum Gasteiger partial charge on any atom is -0.493 e. The first kappa shape index (κ1) is 53.5. The summed E-state index contributed by atoms with van der Waals surface area (Å²) in [6.45, 7) is 10.5. The summed E-state index contributed by atoms with van der Waals surface area (Å²) < 4.78 is 76.3. The maximum atomic E-state index is 13.0. The molecule has 4 aliphatic rings. The van der Waals surface area contributed by atoms with Crippen LogP contribution in [0, 0.1) is 0 Å². The number of hydrogen-bond acceptors (Lipinski definition) is 16. The fourth-order valence-electron chi connectivity index (χ4n) is 8.80. The number of urea groups is 1. The zero-order valence-corrected chi connectivity index (χ0v) is 44.7. The monoisotopic (exact) mass is 1050 g/mol. The van der Waals surface area contributed by atoms with Gasteiger partial charge in [-0.3, -0.25) is 9.36 Å². The van der Waals surface area contributed by atoms with Crippen LogP contribution >= 0.6 is 0 Å². The standard InChI is InChI=1S/C26H32N6O5S.C16H16N2O2.C9H18N4O2S/c1-26(2,16-31(3)4)32-13-10-23(29-32)38(34,35)30-25(33)28-24-19(7-8-21-20(24)11-14-36-21)17-9-12-27-22(15-17)37-18-5-6-18;17-16-12(3-4-14-13(16)6-8-19-14)10-5-7-18-15(9-10)20-11-1-2-11;1-9(2,7-12(3)4)13-6-5-8(11-13)16(10,14)15/h7-10,12-13,15,18H,5-6,11,14,16H2,1-4H3,(H2,28,30,33);3-5,7,9,11H,1-2,6,8,17H2;5-6H,7H2,1-4H3,(H2,10,14,15). The molecule has 0 bridgehead atoms. The molecule has 396 valence electrons. The predicted octanol–water partition coefficient (Wildman–Crippen LogP) is 5.86. The summed E-state index contributed by atoms with van der Waals surface area (Å²) in [7, 11) is -0.173. The number of rotatable bonds is 16. The fourth-order valence-corrected chi connectivity index (χ4v) is 10.1. The second-order valence-corrected chi connectivity index (χ2v) is 23.6. The number of hydrogen-bond donors (Lipinski definition) is 4. The van der Waals surface area contributed by atoms with Crippen molar-refractivity contribution >= 4 is 37.5 Å². The first-order chi connectivity index (χ1) is 35.0. The second-order valence-electron chi connectivity index (χ2n) is 20.5. The van der Waals surface area contributed by atoms with Crippen molar-refractivity contribution in [2.45, 2.75) is 99.6 Å². The quantitative estimate of drug-likeness (QED) is 0.0827. The van der Waals surface area contributed by atoms with Crippen LogP contribution in [-0.2, 0) is 44.0 Å². The van der Waals surface area contributed by atoms with E-state index in [4.69, 9.17) is 29.8 Å². The van der Waals surface area contributed by atoms with Crippen LogP contribution in [-0.4, -0.2) is 129 Å². The van der Waals surface area contributed by atoms with Crippen molar-refractivity contribution in [2.75, 3.05) is 65.5 Å². The molecule has 2 aliphatic heterocycles. The van der Waals surface area contributed by atoms with Crippen molar-refractivity contribution in [1.29, 1.82) is 0 Å². The highest BCUT2D eigenvalue weighted by atomic mass is 32.2. The van der Waals surface area contributed by atoms with Gasteiger partial charge < -0.3 is 39.8 Å². The molecule has 2 aliphatic carbocycles. The van der Waals surface area contributed by atoms with E-state index in [0.717, 1.165) is 84.5 Å². The molecule has 2 fully saturated rings. The van der Waals surface area contributed by atoms with Gasteiger partial charge in [-0.05, 0) is 141 Å². The Morgan fingerprint density at radius 3 is 1.68 bits per heavy atom. The average Bonchev–Trinajstić information content (AvgIpc) is 3.92. The first-order valence-corrected chi connectivity index (χ1v) is 27.4. The van der Waals surface area contributed by atoms with Gasteiger partial charge >= 0.3 is 6.03 Å². The van der Waals surface area contributed by atoms with E-state index in [-0.39, 0.29) is 21.7 Å². The van der Waals surface area contributed by atoms with E-state index >= 15 is 0 Å². The van der Waals surface area contributed by atoms with Gasteiger partial charge in [0.2, 0.25) is 11.8 Å². The summed E-state index contributed by atoms with van der Waals surface area (Å²) >= 11 is 0. The average molecular weight is 1060 g/mol. The van der Waals surface area contributed by atoms with Crippen molar-refractivity contribution in [3.8, 4) is 45.5 Å². The van der Waals surface area contributed by atoms with Crippen molar-refractivity contribution in [2.24, 2.45) is 5.14 Å². The lowest BCUT2D eigenvalue weighted by atomic mass is 9.99. The molecule has 0 unspecified atom stereocenters. The lowest BCUT2D eigenvalue weighted by Crippen LogP contribution is -2.38.